The summed E-state index contributed by atoms with van der Waals surface area (Å²) in [6.07, 6.45) is 1.22. The van der Waals surface area contributed by atoms with Crippen LogP contribution in [0, 0.1) is 11.8 Å². The summed E-state index contributed by atoms with van der Waals surface area (Å²) in [5.41, 5.74) is 0. The Labute approximate surface area is 101 Å². The van der Waals surface area contributed by atoms with E-state index in [-0.39, 0.29) is 29.4 Å². The Morgan fingerprint density at radius 2 is 2.24 bits per heavy atom. The highest BCUT2D eigenvalue weighted by molar-refractivity contribution is 6.57. The summed E-state index contributed by atoms with van der Waals surface area (Å²) < 4.78 is 5.01. The van der Waals surface area contributed by atoms with Crippen molar-refractivity contribution in [1.82, 2.24) is 4.90 Å². The lowest BCUT2D eigenvalue weighted by Crippen LogP contribution is -2.43. The molecule has 0 aromatic rings. The average molecular weight is 237 g/mol. The van der Waals surface area contributed by atoms with Gasteiger partial charge in [0.15, 0.2) is 5.81 Å². The van der Waals surface area contributed by atoms with Crippen LogP contribution in [0.1, 0.15) is 19.8 Å². The largest absolute Gasteiger partial charge is 0.464 e. The number of amides is 1. The van der Waals surface area contributed by atoms with Gasteiger partial charge in [0, 0.05) is 24.8 Å². The number of nitrogens with zero attached hydrogens (tertiary/aromatic N) is 1. The Morgan fingerprint density at radius 1 is 1.53 bits per heavy atom. The van der Waals surface area contributed by atoms with Crippen molar-refractivity contribution >= 4 is 25.4 Å². The quantitative estimate of drug-likeness (QED) is 0.483. The highest BCUT2D eigenvalue weighted by atomic mass is 16.5. The molecule has 92 valence electrons. The van der Waals surface area contributed by atoms with Gasteiger partial charge in [-0.05, 0) is 13.3 Å². The number of Topliss-reactive ketones (excluding diaryl/α,β-unsaturated/α-hetero) is 1. The summed E-state index contributed by atoms with van der Waals surface area (Å²) in [6.45, 7) is 2.41. The first-order chi connectivity index (χ1) is 8.06. The number of ketones is 1. The van der Waals surface area contributed by atoms with E-state index in [4.69, 9.17) is 4.74 Å². The van der Waals surface area contributed by atoms with Gasteiger partial charge in [-0.1, -0.05) is 0 Å². The molecule has 2 aliphatic rings. The number of carbonyl (C=O) groups excluding carboxylic acids is 3. The van der Waals surface area contributed by atoms with Crippen molar-refractivity contribution in [2.24, 2.45) is 11.8 Å². The van der Waals surface area contributed by atoms with Gasteiger partial charge in [-0.25, -0.2) is 4.79 Å². The van der Waals surface area contributed by atoms with Crippen molar-refractivity contribution in [3.8, 4) is 0 Å². The Kier molecular flexibility index (Phi) is 3.22. The lowest BCUT2D eigenvalue weighted by atomic mass is 9.93. The number of likely N-dealkylation sites (tertiary alicyclic amines) is 1. The minimum absolute atomic E-state index is 0.0366. The Morgan fingerprint density at radius 3 is 2.82 bits per heavy atom. The van der Waals surface area contributed by atoms with Gasteiger partial charge in [-0.2, -0.15) is 0 Å². The van der Waals surface area contributed by atoms with Crippen LogP contribution in [-0.4, -0.2) is 49.5 Å². The first kappa shape index (κ1) is 12.1. The number of ether oxygens (including phenoxy) is 1. The molecule has 1 aliphatic heterocycles. The molecule has 1 aliphatic carbocycles. The van der Waals surface area contributed by atoms with Crippen LogP contribution in [0.3, 0.4) is 0 Å². The van der Waals surface area contributed by atoms with E-state index in [9.17, 15) is 14.4 Å². The van der Waals surface area contributed by atoms with E-state index < -0.39 is 6.04 Å². The molecule has 0 N–H and O–H groups in total. The molecule has 0 bridgehead atoms. The molecule has 1 amide bonds. The third kappa shape index (κ3) is 1.96. The number of carbonyl (C=O) groups is 3. The van der Waals surface area contributed by atoms with E-state index >= 15 is 0 Å². The maximum absolute atomic E-state index is 11.9. The standard InChI is InChI=1S/C11H16BNO4/c1-2-17-10(15)9-6-3-4-8(14)7(6)5-13(9)11(12)16/h6-7,9H,2-5,12H2,1H3/t6-,7-,9?/m0/s1. The summed E-state index contributed by atoms with van der Waals surface area (Å²) in [5, 5.41) is 0. The number of fused-ring (bicyclic) bond motifs is 1. The molecule has 6 heteroatoms. The van der Waals surface area contributed by atoms with E-state index in [1.54, 1.807) is 6.92 Å². The molecule has 0 aromatic carbocycles. The summed E-state index contributed by atoms with van der Waals surface area (Å²) >= 11 is 0. The molecule has 1 saturated heterocycles. The van der Waals surface area contributed by atoms with Crippen LogP contribution in [0.5, 0.6) is 0 Å². The van der Waals surface area contributed by atoms with Crippen LogP contribution >= 0.6 is 0 Å². The molecule has 0 radical (unpaired) electrons. The topological polar surface area (TPSA) is 63.7 Å². The highest BCUT2D eigenvalue weighted by Crippen LogP contribution is 2.40. The van der Waals surface area contributed by atoms with Crippen LogP contribution in [0.25, 0.3) is 0 Å². The predicted octanol–water partition coefficient (Wildman–Crippen LogP) is -0.418. The number of rotatable bonds is 2. The van der Waals surface area contributed by atoms with Gasteiger partial charge < -0.3 is 9.64 Å². The fourth-order valence-electron chi connectivity index (χ4n) is 2.96. The molecule has 1 unspecified atom stereocenters. The van der Waals surface area contributed by atoms with E-state index in [1.165, 1.54) is 12.7 Å². The lowest BCUT2D eigenvalue weighted by molar-refractivity contribution is -0.148. The van der Waals surface area contributed by atoms with Gasteiger partial charge in [0.2, 0.25) is 7.85 Å². The summed E-state index contributed by atoms with van der Waals surface area (Å²) in [7, 11) is 1.43. The van der Waals surface area contributed by atoms with Crippen LogP contribution in [0.2, 0.25) is 0 Å². The fraction of sp³-hybridized carbons (Fsp3) is 0.727. The molecular weight excluding hydrogens is 221 g/mol. The second-order valence-electron chi connectivity index (χ2n) is 4.64. The third-order valence-corrected chi connectivity index (χ3v) is 3.72. The van der Waals surface area contributed by atoms with Crippen molar-refractivity contribution in [2.45, 2.75) is 25.8 Å². The predicted molar refractivity (Wildman–Crippen MR) is 62.3 cm³/mol. The second-order valence-corrected chi connectivity index (χ2v) is 4.64. The maximum atomic E-state index is 11.9. The van der Waals surface area contributed by atoms with Gasteiger partial charge in [0.1, 0.15) is 11.8 Å². The van der Waals surface area contributed by atoms with Gasteiger partial charge in [0.05, 0.1) is 6.61 Å². The van der Waals surface area contributed by atoms with Gasteiger partial charge in [0.25, 0.3) is 0 Å². The number of hydrogen-bond donors (Lipinski definition) is 0. The smallest absolute Gasteiger partial charge is 0.329 e. The molecule has 2 rings (SSSR count). The lowest BCUT2D eigenvalue weighted by Gasteiger charge is -2.25. The second kappa shape index (κ2) is 4.51. The van der Waals surface area contributed by atoms with Crippen LogP contribution in [-0.2, 0) is 14.3 Å². The van der Waals surface area contributed by atoms with Crippen LogP contribution < -0.4 is 0 Å². The molecule has 0 aromatic heterocycles. The minimum Gasteiger partial charge on any atom is -0.464 e. The number of hydrogen-bond acceptors (Lipinski definition) is 4. The van der Waals surface area contributed by atoms with E-state index in [0.717, 1.165) is 0 Å². The van der Waals surface area contributed by atoms with Crippen LogP contribution in [0.15, 0.2) is 0 Å². The SMILES string of the molecule is BC(=O)N1C[C@@H]2C(=O)CC[C@@H]2C1C(=O)OCC. The van der Waals surface area contributed by atoms with E-state index in [1.807, 2.05) is 0 Å². The number of esters is 1. The zero-order valence-corrected chi connectivity index (χ0v) is 10.1. The zero-order valence-electron chi connectivity index (χ0n) is 10.1. The minimum atomic E-state index is -0.552. The van der Waals surface area contributed by atoms with Gasteiger partial charge in [-0.15, -0.1) is 0 Å². The van der Waals surface area contributed by atoms with Gasteiger partial charge >= 0.3 is 5.97 Å². The van der Waals surface area contributed by atoms with E-state index in [0.29, 0.717) is 26.0 Å². The van der Waals surface area contributed by atoms with Crippen molar-refractivity contribution < 1.29 is 19.1 Å². The van der Waals surface area contributed by atoms with Crippen molar-refractivity contribution in [3.63, 3.8) is 0 Å². The molecule has 3 atom stereocenters. The Bertz CT molecular complexity index is 370. The first-order valence-corrected chi connectivity index (χ1v) is 6.02. The molecule has 17 heavy (non-hydrogen) atoms. The maximum Gasteiger partial charge on any atom is 0.329 e. The molecule has 2 fully saturated rings. The molecule has 1 heterocycles. The Hall–Kier alpha value is -1.33. The normalized spacial score (nSPS) is 31.5. The summed E-state index contributed by atoms with van der Waals surface area (Å²) in [5.74, 6) is -0.554. The third-order valence-electron chi connectivity index (χ3n) is 3.72. The molecule has 0 spiro atoms. The summed E-state index contributed by atoms with van der Waals surface area (Å²) in [4.78, 5) is 36.5. The Balaban J connectivity index is 2.22. The first-order valence-electron chi connectivity index (χ1n) is 6.02. The summed E-state index contributed by atoms with van der Waals surface area (Å²) in [6, 6.07) is -0.552. The monoisotopic (exact) mass is 237 g/mol. The van der Waals surface area contributed by atoms with Crippen molar-refractivity contribution in [2.75, 3.05) is 13.2 Å². The zero-order chi connectivity index (χ0) is 12.6. The molecule has 5 nitrogen and oxygen atoms in total. The van der Waals surface area contributed by atoms with Crippen LogP contribution in [0.4, 0.5) is 4.79 Å². The van der Waals surface area contributed by atoms with E-state index in [2.05, 4.69) is 0 Å². The van der Waals surface area contributed by atoms with Crippen molar-refractivity contribution in [1.29, 1.82) is 0 Å². The highest BCUT2D eigenvalue weighted by Gasteiger charge is 2.52. The van der Waals surface area contributed by atoms with Gasteiger partial charge in [-0.3, -0.25) is 9.59 Å². The van der Waals surface area contributed by atoms with Crippen molar-refractivity contribution in [3.05, 3.63) is 0 Å². The molecular formula is C11H16BNO4. The molecule has 1 saturated carbocycles. The fourth-order valence-corrected chi connectivity index (χ4v) is 2.96. The average Bonchev–Trinajstić information content (AvgIpc) is 2.79.